The molecule has 3 rings (SSSR count). The lowest BCUT2D eigenvalue weighted by Crippen LogP contribution is -2.19. The average molecular weight is 468 g/mol. The summed E-state index contributed by atoms with van der Waals surface area (Å²) in [6.45, 7) is 1.37. The molecule has 0 atom stereocenters. The number of carbonyl (C=O) groups excluding carboxylic acids is 1. The largest absolute Gasteiger partial charge is 0.490 e. The van der Waals surface area contributed by atoms with Crippen LogP contribution in [-0.2, 0) is 10.0 Å². The van der Waals surface area contributed by atoms with Crippen LogP contribution in [0.5, 0.6) is 5.75 Å². The summed E-state index contributed by atoms with van der Waals surface area (Å²) in [5, 5.41) is 9.24. The standard InChI is InChI=1S/C21H19F3N2O5S/c1-2-7-32(29,30)26-17-10-15(22)19(23)18(20(17)24)21(28)12-3-4-16-13(8-12)9-14(11-25-16)31-6-5-27/h3-4,8-11,26-27H,2,5-7H2,1H3. The molecular weight excluding hydrogens is 449 g/mol. The fourth-order valence-corrected chi connectivity index (χ4v) is 4.13. The predicted octanol–water partition coefficient (Wildman–Crippen LogP) is 3.41. The van der Waals surface area contributed by atoms with Crippen LogP contribution in [-0.4, -0.2) is 43.3 Å². The van der Waals surface area contributed by atoms with Gasteiger partial charge in [0.2, 0.25) is 10.0 Å². The zero-order chi connectivity index (χ0) is 23.5. The van der Waals surface area contributed by atoms with E-state index in [1.807, 2.05) is 4.72 Å². The van der Waals surface area contributed by atoms with Crippen molar-refractivity contribution in [1.29, 1.82) is 0 Å². The molecule has 3 aromatic rings. The number of rotatable bonds is 9. The van der Waals surface area contributed by atoms with E-state index in [0.717, 1.165) is 0 Å². The Hall–Kier alpha value is -3.18. The molecule has 1 heterocycles. The van der Waals surface area contributed by atoms with Crippen molar-refractivity contribution >= 4 is 32.4 Å². The summed E-state index contributed by atoms with van der Waals surface area (Å²) < 4.78 is 74.4. The Kier molecular flexibility index (Phi) is 6.99. The van der Waals surface area contributed by atoms with E-state index >= 15 is 0 Å². The fraction of sp³-hybridized carbons (Fsp3) is 0.238. The van der Waals surface area contributed by atoms with Crippen LogP contribution < -0.4 is 9.46 Å². The number of aliphatic hydroxyl groups is 1. The lowest BCUT2D eigenvalue weighted by molar-refractivity contribution is 0.103. The van der Waals surface area contributed by atoms with Gasteiger partial charge in [-0.1, -0.05) is 6.92 Å². The van der Waals surface area contributed by atoms with E-state index in [4.69, 9.17) is 9.84 Å². The second-order valence-corrected chi connectivity index (χ2v) is 8.65. The molecule has 0 aliphatic carbocycles. The number of hydrogen-bond acceptors (Lipinski definition) is 6. The summed E-state index contributed by atoms with van der Waals surface area (Å²) in [6.07, 6.45) is 1.61. The van der Waals surface area contributed by atoms with Crippen LogP contribution in [0.2, 0.25) is 0 Å². The summed E-state index contributed by atoms with van der Waals surface area (Å²) in [6, 6.07) is 5.84. The van der Waals surface area contributed by atoms with Gasteiger partial charge in [-0.3, -0.25) is 14.5 Å². The van der Waals surface area contributed by atoms with Crippen molar-refractivity contribution in [3.05, 3.63) is 65.1 Å². The first kappa shape index (κ1) is 23.5. The third-order valence-electron chi connectivity index (χ3n) is 4.40. The number of ether oxygens (including phenoxy) is 1. The fourth-order valence-electron chi connectivity index (χ4n) is 3.00. The second kappa shape index (κ2) is 9.53. The van der Waals surface area contributed by atoms with Crippen LogP contribution in [0, 0.1) is 17.5 Å². The lowest BCUT2D eigenvalue weighted by atomic mass is 9.99. The highest BCUT2D eigenvalue weighted by molar-refractivity contribution is 7.92. The third kappa shape index (κ3) is 5.00. The van der Waals surface area contributed by atoms with E-state index in [1.54, 1.807) is 6.92 Å². The number of ketones is 1. The normalized spacial score (nSPS) is 11.5. The summed E-state index contributed by atoms with van der Waals surface area (Å²) in [5.41, 5.74) is -1.81. The van der Waals surface area contributed by atoms with E-state index in [-0.39, 0.29) is 31.0 Å². The van der Waals surface area contributed by atoms with Crippen LogP contribution in [0.15, 0.2) is 36.5 Å². The molecule has 0 aliphatic heterocycles. The SMILES string of the molecule is CCCS(=O)(=O)Nc1cc(F)c(F)c(C(=O)c2ccc3ncc(OCCO)cc3c2)c1F. The van der Waals surface area contributed by atoms with Gasteiger partial charge in [-0.25, -0.2) is 21.6 Å². The van der Waals surface area contributed by atoms with Crippen LogP contribution in [0.1, 0.15) is 29.3 Å². The quantitative estimate of drug-likeness (QED) is 0.368. The molecule has 7 nitrogen and oxygen atoms in total. The molecule has 11 heteroatoms. The first-order chi connectivity index (χ1) is 15.2. The molecule has 0 bridgehead atoms. The molecule has 1 aromatic heterocycles. The van der Waals surface area contributed by atoms with Crippen LogP contribution >= 0.6 is 0 Å². The highest BCUT2D eigenvalue weighted by atomic mass is 32.2. The molecule has 0 radical (unpaired) electrons. The number of sulfonamides is 1. The van der Waals surface area contributed by atoms with E-state index in [1.165, 1.54) is 30.5 Å². The van der Waals surface area contributed by atoms with Gasteiger partial charge in [-0.15, -0.1) is 0 Å². The summed E-state index contributed by atoms with van der Waals surface area (Å²) >= 11 is 0. The highest BCUT2D eigenvalue weighted by Crippen LogP contribution is 2.28. The highest BCUT2D eigenvalue weighted by Gasteiger charge is 2.27. The number of anilines is 1. The maximum atomic E-state index is 14.9. The zero-order valence-electron chi connectivity index (χ0n) is 16.9. The summed E-state index contributed by atoms with van der Waals surface area (Å²) in [4.78, 5) is 17.0. The molecule has 0 aliphatic rings. The summed E-state index contributed by atoms with van der Waals surface area (Å²) in [7, 11) is -4.02. The maximum Gasteiger partial charge on any atom is 0.232 e. The number of aromatic nitrogens is 1. The number of carbonyl (C=O) groups is 1. The van der Waals surface area contributed by atoms with E-state index in [2.05, 4.69) is 4.98 Å². The van der Waals surface area contributed by atoms with Gasteiger partial charge in [0, 0.05) is 17.0 Å². The number of nitrogens with zero attached hydrogens (tertiary/aromatic N) is 1. The predicted molar refractivity (Wildman–Crippen MR) is 112 cm³/mol. The Morgan fingerprint density at radius 3 is 2.59 bits per heavy atom. The smallest absolute Gasteiger partial charge is 0.232 e. The van der Waals surface area contributed by atoms with Crippen molar-refractivity contribution in [1.82, 2.24) is 4.98 Å². The molecular formula is C21H19F3N2O5S. The topological polar surface area (TPSA) is 106 Å². The number of fused-ring (bicyclic) bond motifs is 1. The Balaban J connectivity index is 2.05. The van der Waals surface area contributed by atoms with Crippen LogP contribution in [0.3, 0.4) is 0 Å². The Morgan fingerprint density at radius 1 is 1.16 bits per heavy atom. The average Bonchev–Trinajstić information content (AvgIpc) is 2.75. The van der Waals surface area contributed by atoms with E-state index < -0.39 is 44.5 Å². The summed E-state index contributed by atoms with van der Waals surface area (Å²) in [5.74, 6) is -6.08. The first-order valence-corrected chi connectivity index (χ1v) is 11.2. The van der Waals surface area contributed by atoms with Gasteiger partial charge in [0.1, 0.15) is 12.4 Å². The van der Waals surface area contributed by atoms with Gasteiger partial charge in [0.25, 0.3) is 0 Å². The van der Waals surface area contributed by atoms with Gasteiger partial charge in [0.15, 0.2) is 23.2 Å². The number of hydrogen-bond donors (Lipinski definition) is 2. The minimum atomic E-state index is -4.02. The molecule has 0 saturated carbocycles. The lowest BCUT2D eigenvalue weighted by Gasteiger charge is -2.13. The molecule has 2 N–H and O–H groups in total. The van der Waals surface area contributed by atoms with Crippen molar-refractivity contribution in [2.45, 2.75) is 13.3 Å². The molecule has 170 valence electrons. The number of halogens is 3. The zero-order valence-corrected chi connectivity index (χ0v) is 17.7. The van der Waals surface area contributed by atoms with Crippen molar-refractivity contribution in [3.8, 4) is 5.75 Å². The van der Waals surface area contributed by atoms with Crippen molar-refractivity contribution < 1.29 is 36.2 Å². The molecule has 0 amide bonds. The van der Waals surface area contributed by atoms with E-state index in [9.17, 15) is 26.4 Å². The molecule has 0 spiro atoms. The molecule has 2 aromatic carbocycles. The van der Waals surface area contributed by atoms with E-state index in [0.29, 0.717) is 22.7 Å². The molecule has 32 heavy (non-hydrogen) atoms. The number of aliphatic hydroxyl groups excluding tert-OH is 1. The van der Waals surface area contributed by atoms with Crippen molar-refractivity contribution in [2.24, 2.45) is 0 Å². The molecule has 0 saturated heterocycles. The second-order valence-electron chi connectivity index (χ2n) is 6.81. The van der Waals surface area contributed by atoms with Gasteiger partial charge in [-0.2, -0.15) is 0 Å². The monoisotopic (exact) mass is 468 g/mol. The Morgan fingerprint density at radius 2 is 1.91 bits per heavy atom. The van der Waals surface area contributed by atoms with Crippen LogP contribution in [0.25, 0.3) is 10.9 Å². The Labute approximate surface area is 181 Å². The Bertz CT molecular complexity index is 1280. The van der Waals surface area contributed by atoms with Crippen molar-refractivity contribution in [3.63, 3.8) is 0 Å². The van der Waals surface area contributed by atoms with Crippen molar-refractivity contribution in [2.75, 3.05) is 23.7 Å². The number of pyridine rings is 1. The molecule has 0 unspecified atom stereocenters. The van der Waals surface area contributed by atoms with Gasteiger partial charge in [0.05, 0.1) is 35.3 Å². The van der Waals surface area contributed by atoms with Gasteiger partial charge < -0.3 is 9.84 Å². The van der Waals surface area contributed by atoms with Gasteiger partial charge >= 0.3 is 0 Å². The number of nitrogens with one attached hydrogen (secondary N) is 1. The number of benzene rings is 2. The molecule has 0 fully saturated rings. The van der Waals surface area contributed by atoms with Crippen LogP contribution in [0.4, 0.5) is 18.9 Å². The minimum absolute atomic E-state index is 0.0161. The minimum Gasteiger partial charge on any atom is -0.490 e. The maximum absolute atomic E-state index is 14.9. The first-order valence-electron chi connectivity index (χ1n) is 9.53. The third-order valence-corrected chi connectivity index (χ3v) is 5.88. The van der Waals surface area contributed by atoms with Gasteiger partial charge in [-0.05, 0) is 30.7 Å².